The first kappa shape index (κ1) is 26.3. The second kappa shape index (κ2) is 10.3. The summed E-state index contributed by atoms with van der Waals surface area (Å²) >= 11 is 1.43. The number of amides is 2. The van der Waals surface area contributed by atoms with Gasteiger partial charge in [0.2, 0.25) is 5.91 Å². The Bertz CT molecular complexity index is 952. The summed E-state index contributed by atoms with van der Waals surface area (Å²) < 4.78 is 61.8. The lowest BCUT2D eigenvalue weighted by atomic mass is 10.0. The largest absolute Gasteiger partial charge is 0.516 e. The summed E-state index contributed by atoms with van der Waals surface area (Å²) in [5.74, 6) is 0.580. The number of alkyl halides is 3. The van der Waals surface area contributed by atoms with E-state index < -0.39 is 27.5 Å². The minimum Gasteiger partial charge on any atom is -0.352 e. The van der Waals surface area contributed by atoms with E-state index in [0.717, 1.165) is 25.0 Å². The van der Waals surface area contributed by atoms with Crippen molar-refractivity contribution in [1.82, 2.24) is 10.2 Å². The molecule has 0 spiro atoms. The van der Waals surface area contributed by atoms with Crippen LogP contribution >= 0.6 is 11.8 Å². The Hall–Kier alpha value is -1.95. The average Bonchev–Trinajstić information content (AvgIpc) is 3.14. The third-order valence-corrected chi connectivity index (χ3v) is 7.15. The SMILES string of the molecule is Cc1cc(NS(=O)(=O)C(F)(F)F)ccc1C(=O)N1CSCC1C(=O)NC(C)CCC(C)C. The lowest BCUT2D eigenvalue weighted by molar-refractivity contribution is -0.125. The number of aryl methyl sites for hydroxylation is 1. The molecule has 0 saturated carbocycles. The standard InChI is InChI=1S/C20H28F3N3O4S2/c1-12(2)5-6-14(4)24-18(27)17-10-31-11-26(17)19(28)16-8-7-15(9-13(16)3)25-32(29,30)20(21,22)23/h7-9,12,14,17,25H,5-6,10-11H2,1-4H3,(H,24,27). The number of hydrogen-bond donors (Lipinski definition) is 2. The minimum atomic E-state index is -5.56. The van der Waals surface area contributed by atoms with E-state index in [-0.39, 0.29) is 23.2 Å². The minimum absolute atomic E-state index is 0.0323. The Morgan fingerprint density at radius 2 is 1.88 bits per heavy atom. The van der Waals surface area contributed by atoms with Gasteiger partial charge in [0.15, 0.2) is 0 Å². The molecule has 1 aromatic rings. The Morgan fingerprint density at radius 1 is 1.22 bits per heavy atom. The summed E-state index contributed by atoms with van der Waals surface area (Å²) in [5.41, 5.74) is -5.28. The van der Waals surface area contributed by atoms with Gasteiger partial charge < -0.3 is 10.2 Å². The maximum absolute atomic E-state index is 13.1. The molecule has 1 saturated heterocycles. The number of halogens is 3. The predicted octanol–water partition coefficient (Wildman–Crippen LogP) is 3.71. The van der Waals surface area contributed by atoms with Gasteiger partial charge in [-0.3, -0.25) is 14.3 Å². The number of nitrogens with zero attached hydrogens (tertiary/aromatic N) is 1. The smallest absolute Gasteiger partial charge is 0.352 e. The van der Waals surface area contributed by atoms with Crippen LogP contribution in [0.1, 0.15) is 49.5 Å². The van der Waals surface area contributed by atoms with Gasteiger partial charge in [-0.05, 0) is 56.4 Å². The molecule has 2 atom stereocenters. The predicted molar refractivity (Wildman–Crippen MR) is 119 cm³/mol. The van der Waals surface area contributed by atoms with E-state index in [4.69, 9.17) is 0 Å². The van der Waals surface area contributed by atoms with Crippen molar-refractivity contribution in [1.29, 1.82) is 0 Å². The molecule has 1 fully saturated rings. The number of hydrogen-bond acceptors (Lipinski definition) is 5. The zero-order chi connectivity index (χ0) is 24.3. The van der Waals surface area contributed by atoms with E-state index in [0.29, 0.717) is 23.1 Å². The zero-order valence-electron chi connectivity index (χ0n) is 18.3. The van der Waals surface area contributed by atoms with Crippen LogP contribution in [0.5, 0.6) is 0 Å². The fourth-order valence-electron chi connectivity index (χ4n) is 3.19. The molecule has 0 bridgehead atoms. The highest BCUT2D eigenvalue weighted by atomic mass is 32.2. The first-order chi connectivity index (χ1) is 14.7. The number of thioether (sulfide) groups is 1. The number of carbonyl (C=O) groups is 2. The topological polar surface area (TPSA) is 95.6 Å². The summed E-state index contributed by atoms with van der Waals surface area (Å²) in [6, 6.07) is 2.82. The number of carbonyl (C=O) groups excluding carboxylic acids is 2. The van der Waals surface area contributed by atoms with E-state index in [1.807, 2.05) is 6.92 Å². The van der Waals surface area contributed by atoms with E-state index in [1.54, 1.807) is 0 Å². The first-order valence-corrected chi connectivity index (χ1v) is 12.8. The zero-order valence-corrected chi connectivity index (χ0v) is 20.0. The maximum atomic E-state index is 13.1. The average molecular weight is 496 g/mol. The lowest BCUT2D eigenvalue weighted by Crippen LogP contribution is -2.49. The second-order valence-corrected chi connectivity index (χ2v) is 10.9. The van der Waals surface area contributed by atoms with Gasteiger partial charge in [0.05, 0.1) is 5.88 Å². The summed E-state index contributed by atoms with van der Waals surface area (Å²) in [7, 11) is -5.56. The van der Waals surface area contributed by atoms with Gasteiger partial charge in [-0.15, -0.1) is 11.8 Å². The third kappa shape index (κ3) is 6.53. The van der Waals surface area contributed by atoms with Crippen LogP contribution in [0.25, 0.3) is 0 Å². The monoisotopic (exact) mass is 495 g/mol. The van der Waals surface area contributed by atoms with Crippen molar-refractivity contribution in [2.45, 2.75) is 58.1 Å². The molecular weight excluding hydrogens is 467 g/mol. The first-order valence-electron chi connectivity index (χ1n) is 10.1. The van der Waals surface area contributed by atoms with Gasteiger partial charge in [0.25, 0.3) is 5.91 Å². The number of rotatable bonds is 8. The Labute approximate surface area is 190 Å². The third-order valence-electron chi connectivity index (χ3n) is 5.03. The van der Waals surface area contributed by atoms with Crippen molar-refractivity contribution in [3.05, 3.63) is 29.3 Å². The van der Waals surface area contributed by atoms with Gasteiger partial charge in [-0.1, -0.05) is 13.8 Å². The molecule has 180 valence electrons. The van der Waals surface area contributed by atoms with E-state index in [2.05, 4.69) is 19.2 Å². The highest BCUT2D eigenvalue weighted by Gasteiger charge is 2.46. The van der Waals surface area contributed by atoms with Crippen LogP contribution in [0.2, 0.25) is 0 Å². The van der Waals surface area contributed by atoms with Crippen LogP contribution < -0.4 is 10.0 Å². The second-order valence-electron chi connectivity index (χ2n) is 8.25. The van der Waals surface area contributed by atoms with Gasteiger partial charge in [0.1, 0.15) is 6.04 Å². The van der Waals surface area contributed by atoms with Gasteiger partial charge in [-0.2, -0.15) is 21.6 Å². The Kier molecular flexibility index (Phi) is 8.49. The molecule has 7 nitrogen and oxygen atoms in total. The molecule has 1 aromatic carbocycles. The van der Waals surface area contributed by atoms with Crippen LogP contribution in [-0.2, 0) is 14.8 Å². The van der Waals surface area contributed by atoms with Gasteiger partial charge in [-0.25, -0.2) is 0 Å². The Morgan fingerprint density at radius 3 is 2.44 bits per heavy atom. The van der Waals surface area contributed by atoms with Gasteiger partial charge >= 0.3 is 15.5 Å². The van der Waals surface area contributed by atoms with Crippen molar-refractivity contribution in [2.75, 3.05) is 16.4 Å². The fraction of sp³-hybridized carbons (Fsp3) is 0.600. The van der Waals surface area contributed by atoms with Crippen molar-refractivity contribution >= 4 is 39.3 Å². The van der Waals surface area contributed by atoms with Crippen LogP contribution in [0.3, 0.4) is 0 Å². The molecule has 2 unspecified atom stereocenters. The quantitative estimate of drug-likeness (QED) is 0.573. The molecule has 12 heteroatoms. The van der Waals surface area contributed by atoms with Crippen molar-refractivity contribution in [3.63, 3.8) is 0 Å². The molecule has 2 N–H and O–H groups in total. The van der Waals surface area contributed by atoms with Crippen molar-refractivity contribution < 1.29 is 31.2 Å². The van der Waals surface area contributed by atoms with Crippen LogP contribution in [0, 0.1) is 12.8 Å². The molecule has 0 aliphatic carbocycles. The summed E-state index contributed by atoms with van der Waals surface area (Å²) in [6.07, 6.45) is 1.79. The van der Waals surface area contributed by atoms with Gasteiger partial charge in [0, 0.05) is 23.0 Å². The summed E-state index contributed by atoms with van der Waals surface area (Å²) in [6.45, 7) is 7.61. The molecule has 2 rings (SSSR count). The number of nitrogens with one attached hydrogen (secondary N) is 2. The summed E-state index contributed by atoms with van der Waals surface area (Å²) in [5, 5.41) is 2.95. The molecule has 0 aromatic heterocycles. The Balaban J connectivity index is 2.12. The molecule has 2 amide bonds. The fourth-order valence-corrected chi connectivity index (χ4v) is 4.90. The molecular formula is C20H28F3N3O4S2. The van der Waals surface area contributed by atoms with E-state index >= 15 is 0 Å². The maximum Gasteiger partial charge on any atom is 0.516 e. The highest BCUT2D eigenvalue weighted by molar-refractivity contribution is 7.99. The molecule has 0 radical (unpaired) electrons. The number of sulfonamides is 1. The number of anilines is 1. The summed E-state index contributed by atoms with van der Waals surface area (Å²) in [4.78, 5) is 27.2. The van der Waals surface area contributed by atoms with E-state index in [9.17, 15) is 31.2 Å². The molecule has 1 aliphatic heterocycles. The van der Waals surface area contributed by atoms with E-state index in [1.165, 1.54) is 34.4 Å². The van der Waals surface area contributed by atoms with Crippen LogP contribution in [0.15, 0.2) is 18.2 Å². The normalized spacial score (nSPS) is 18.0. The number of benzene rings is 1. The van der Waals surface area contributed by atoms with Crippen LogP contribution in [0.4, 0.5) is 18.9 Å². The van der Waals surface area contributed by atoms with Crippen molar-refractivity contribution in [2.24, 2.45) is 5.92 Å². The van der Waals surface area contributed by atoms with Crippen LogP contribution in [-0.4, -0.2) is 54.4 Å². The molecule has 1 aliphatic rings. The molecule has 32 heavy (non-hydrogen) atoms. The lowest BCUT2D eigenvalue weighted by Gasteiger charge is -2.25. The molecule has 1 heterocycles. The highest BCUT2D eigenvalue weighted by Crippen LogP contribution is 2.28. The van der Waals surface area contributed by atoms with Crippen molar-refractivity contribution in [3.8, 4) is 0 Å².